The van der Waals surface area contributed by atoms with Crippen LogP contribution in [0.1, 0.15) is 0 Å². The van der Waals surface area contributed by atoms with E-state index in [4.69, 9.17) is 14.2 Å². The minimum atomic E-state index is -0.209. The van der Waals surface area contributed by atoms with Crippen molar-refractivity contribution in [3.63, 3.8) is 0 Å². The van der Waals surface area contributed by atoms with E-state index in [1.165, 1.54) is 18.9 Å². The monoisotopic (exact) mass is 451 g/mol. The van der Waals surface area contributed by atoms with Gasteiger partial charge in [0.05, 0.1) is 38.5 Å². The molecule has 0 fully saturated rings. The molecule has 0 spiro atoms. The maximum Gasteiger partial charge on any atom is 0.234 e. The second kappa shape index (κ2) is 9.56. The molecule has 0 bridgehead atoms. The highest BCUT2D eigenvalue weighted by Gasteiger charge is 2.14. The van der Waals surface area contributed by atoms with Crippen molar-refractivity contribution in [3.05, 3.63) is 54.6 Å². The van der Waals surface area contributed by atoms with Gasteiger partial charge in [-0.3, -0.25) is 4.79 Å². The molecule has 1 amide bonds. The standard InChI is InChI=1S/C22H21N5O4S/c1-29-15-6-4-5-14(11-15)17-9-10-20-24-25-22(27(20)26-17)32-13-21(28)23-18-8-7-16(30-2)12-19(18)31-3/h4-12H,13H2,1-3H3,(H,23,28). The normalized spacial score (nSPS) is 10.7. The lowest BCUT2D eigenvalue weighted by molar-refractivity contribution is -0.113. The van der Waals surface area contributed by atoms with Crippen LogP contribution in [0.4, 0.5) is 5.69 Å². The summed E-state index contributed by atoms with van der Waals surface area (Å²) in [5, 5.41) is 16.3. The van der Waals surface area contributed by atoms with Gasteiger partial charge in [-0.15, -0.1) is 10.2 Å². The van der Waals surface area contributed by atoms with Gasteiger partial charge in [-0.2, -0.15) is 9.61 Å². The van der Waals surface area contributed by atoms with Gasteiger partial charge in [0.25, 0.3) is 0 Å². The van der Waals surface area contributed by atoms with Gasteiger partial charge in [-0.1, -0.05) is 23.9 Å². The number of aromatic nitrogens is 4. The zero-order chi connectivity index (χ0) is 22.5. The summed E-state index contributed by atoms with van der Waals surface area (Å²) in [6.07, 6.45) is 0. The van der Waals surface area contributed by atoms with E-state index in [-0.39, 0.29) is 11.7 Å². The highest BCUT2D eigenvalue weighted by molar-refractivity contribution is 7.99. The summed E-state index contributed by atoms with van der Waals surface area (Å²) in [4.78, 5) is 12.5. The van der Waals surface area contributed by atoms with E-state index in [0.717, 1.165) is 17.0 Å². The smallest absolute Gasteiger partial charge is 0.234 e. The van der Waals surface area contributed by atoms with Crippen molar-refractivity contribution in [1.29, 1.82) is 0 Å². The van der Waals surface area contributed by atoms with Crippen molar-refractivity contribution in [3.8, 4) is 28.5 Å². The lowest BCUT2D eigenvalue weighted by Gasteiger charge is -2.11. The second-order valence-electron chi connectivity index (χ2n) is 6.61. The fourth-order valence-electron chi connectivity index (χ4n) is 3.01. The first-order valence-corrected chi connectivity index (χ1v) is 10.6. The average molecular weight is 452 g/mol. The Bertz CT molecular complexity index is 1260. The number of thioether (sulfide) groups is 1. The molecule has 0 aliphatic rings. The number of hydrogen-bond donors (Lipinski definition) is 1. The Morgan fingerprint density at radius 1 is 0.969 bits per heavy atom. The Hall–Kier alpha value is -3.79. The minimum absolute atomic E-state index is 0.126. The van der Waals surface area contributed by atoms with Crippen LogP contribution >= 0.6 is 11.8 Å². The summed E-state index contributed by atoms with van der Waals surface area (Å²) >= 11 is 1.24. The van der Waals surface area contributed by atoms with Gasteiger partial charge in [0, 0.05) is 11.6 Å². The maximum absolute atomic E-state index is 12.5. The molecular formula is C22H21N5O4S. The topological polar surface area (TPSA) is 99.9 Å². The van der Waals surface area contributed by atoms with Crippen molar-refractivity contribution < 1.29 is 19.0 Å². The molecule has 0 radical (unpaired) electrons. The molecule has 0 saturated carbocycles. The molecule has 2 aromatic heterocycles. The maximum atomic E-state index is 12.5. The number of nitrogens with one attached hydrogen (secondary N) is 1. The molecule has 164 valence electrons. The number of carbonyl (C=O) groups excluding carboxylic acids is 1. The molecule has 9 nitrogen and oxygen atoms in total. The Morgan fingerprint density at radius 2 is 1.78 bits per heavy atom. The van der Waals surface area contributed by atoms with Crippen LogP contribution in [0.3, 0.4) is 0 Å². The first-order valence-electron chi connectivity index (χ1n) is 9.63. The first kappa shape index (κ1) is 21.4. The average Bonchev–Trinajstić information content (AvgIpc) is 3.25. The van der Waals surface area contributed by atoms with Crippen LogP contribution in [0, 0.1) is 0 Å². The van der Waals surface area contributed by atoms with Crippen LogP contribution in [0.15, 0.2) is 59.8 Å². The van der Waals surface area contributed by atoms with Crippen LogP contribution in [0.25, 0.3) is 16.9 Å². The number of anilines is 1. The third kappa shape index (κ3) is 4.59. The Morgan fingerprint density at radius 3 is 2.56 bits per heavy atom. The number of methoxy groups -OCH3 is 3. The Balaban J connectivity index is 1.49. The quantitative estimate of drug-likeness (QED) is 0.406. The highest BCUT2D eigenvalue weighted by Crippen LogP contribution is 2.29. The van der Waals surface area contributed by atoms with E-state index in [1.807, 2.05) is 36.4 Å². The predicted molar refractivity (Wildman–Crippen MR) is 122 cm³/mol. The number of carbonyl (C=O) groups is 1. The zero-order valence-electron chi connectivity index (χ0n) is 17.7. The number of nitrogens with zero attached hydrogens (tertiary/aromatic N) is 4. The van der Waals surface area contributed by atoms with Crippen LogP contribution in [0.5, 0.6) is 17.2 Å². The number of fused-ring (bicyclic) bond motifs is 1. The molecule has 0 unspecified atom stereocenters. The van der Waals surface area contributed by atoms with Gasteiger partial charge in [0.15, 0.2) is 5.65 Å². The summed E-state index contributed by atoms with van der Waals surface area (Å²) in [7, 11) is 4.73. The fraction of sp³-hybridized carbons (Fsp3) is 0.182. The van der Waals surface area contributed by atoms with Crippen molar-refractivity contribution in [1.82, 2.24) is 19.8 Å². The molecule has 4 rings (SSSR count). The lowest BCUT2D eigenvalue weighted by Crippen LogP contribution is -2.15. The molecular weight excluding hydrogens is 430 g/mol. The number of amides is 1. The van der Waals surface area contributed by atoms with Gasteiger partial charge >= 0.3 is 0 Å². The number of hydrogen-bond acceptors (Lipinski definition) is 8. The van der Waals surface area contributed by atoms with Crippen molar-refractivity contribution in [2.75, 3.05) is 32.4 Å². The fourth-order valence-corrected chi connectivity index (χ4v) is 3.70. The molecule has 0 aliphatic heterocycles. The largest absolute Gasteiger partial charge is 0.497 e. The van der Waals surface area contributed by atoms with Crippen molar-refractivity contribution >= 4 is 29.0 Å². The predicted octanol–water partition coefficient (Wildman–Crippen LogP) is 3.55. The van der Waals surface area contributed by atoms with Crippen LogP contribution in [-0.2, 0) is 4.79 Å². The summed E-state index contributed by atoms with van der Waals surface area (Å²) in [5.41, 5.74) is 2.80. The summed E-state index contributed by atoms with van der Waals surface area (Å²) < 4.78 is 17.4. The molecule has 0 saturated heterocycles. The molecule has 0 aliphatic carbocycles. The van der Waals surface area contributed by atoms with Gasteiger partial charge in [-0.25, -0.2) is 0 Å². The zero-order valence-corrected chi connectivity index (χ0v) is 18.5. The van der Waals surface area contributed by atoms with Crippen LogP contribution in [0.2, 0.25) is 0 Å². The molecule has 2 heterocycles. The van der Waals surface area contributed by atoms with Crippen molar-refractivity contribution in [2.45, 2.75) is 5.16 Å². The number of ether oxygens (including phenoxy) is 3. The minimum Gasteiger partial charge on any atom is -0.497 e. The van der Waals surface area contributed by atoms with E-state index in [0.29, 0.717) is 28.0 Å². The second-order valence-corrected chi connectivity index (χ2v) is 7.55. The van der Waals surface area contributed by atoms with Gasteiger partial charge in [-0.05, 0) is 36.4 Å². The number of rotatable bonds is 8. The van der Waals surface area contributed by atoms with Gasteiger partial charge in [0.2, 0.25) is 11.1 Å². The molecule has 1 N–H and O–H groups in total. The van der Waals surface area contributed by atoms with E-state index in [9.17, 15) is 4.79 Å². The number of benzene rings is 2. The molecule has 0 atom stereocenters. The molecule has 10 heteroatoms. The molecule has 2 aromatic carbocycles. The SMILES string of the molecule is COc1cccc(-c2ccc3nnc(SCC(=O)Nc4ccc(OC)cc4OC)n3n2)c1. The van der Waals surface area contributed by atoms with Crippen LogP contribution < -0.4 is 19.5 Å². The van der Waals surface area contributed by atoms with Crippen LogP contribution in [-0.4, -0.2) is 52.8 Å². The highest BCUT2D eigenvalue weighted by atomic mass is 32.2. The van der Waals surface area contributed by atoms with Crippen molar-refractivity contribution in [2.24, 2.45) is 0 Å². The van der Waals surface area contributed by atoms with E-state index in [1.54, 1.807) is 36.9 Å². The van der Waals surface area contributed by atoms with Gasteiger partial charge < -0.3 is 19.5 Å². The third-order valence-corrected chi connectivity index (χ3v) is 5.53. The molecule has 32 heavy (non-hydrogen) atoms. The first-order chi connectivity index (χ1) is 15.6. The molecule has 4 aromatic rings. The van der Waals surface area contributed by atoms with Gasteiger partial charge in [0.1, 0.15) is 17.2 Å². The third-order valence-electron chi connectivity index (χ3n) is 4.61. The Labute approximate surface area is 188 Å². The Kier molecular flexibility index (Phi) is 6.41. The lowest BCUT2D eigenvalue weighted by atomic mass is 10.1. The van der Waals surface area contributed by atoms with E-state index >= 15 is 0 Å². The van der Waals surface area contributed by atoms with E-state index < -0.39 is 0 Å². The summed E-state index contributed by atoms with van der Waals surface area (Å²) in [6.45, 7) is 0. The summed E-state index contributed by atoms with van der Waals surface area (Å²) in [6, 6.07) is 16.5. The summed E-state index contributed by atoms with van der Waals surface area (Å²) in [5.74, 6) is 1.82. The van der Waals surface area contributed by atoms with E-state index in [2.05, 4.69) is 20.6 Å².